The van der Waals surface area contributed by atoms with Gasteiger partial charge in [-0.1, -0.05) is 45.0 Å². The van der Waals surface area contributed by atoms with Crippen LogP contribution in [0.5, 0.6) is 28.9 Å². The first-order valence-corrected chi connectivity index (χ1v) is 21.9. The SMILES string of the molecule is COc1cc(Cc2nccc(Oc3ccc(NC(=O)Nc4cc(C(C)(C)C)cc(NS(C)(=O)=O)c4OC)c4ccccc34)n2)cc(OC)c1C(=O)CCCN1CCN(C)CC1. The molecule has 0 aliphatic carbocycles. The summed E-state index contributed by atoms with van der Waals surface area (Å²) < 4.78 is 50.2. The fraction of sp³-hybridized carbons (Fsp3) is 0.378. The molecule has 4 aromatic carbocycles. The number of sulfonamides is 1. The van der Waals surface area contributed by atoms with Gasteiger partial charge in [-0.05, 0) is 73.0 Å². The lowest BCUT2D eigenvalue weighted by Crippen LogP contribution is -2.44. The van der Waals surface area contributed by atoms with Gasteiger partial charge in [0.25, 0.3) is 0 Å². The molecule has 6 rings (SSSR count). The number of fused-ring (bicyclic) bond motifs is 1. The van der Waals surface area contributed by atoms with Gasteiger partial charge in [-0.25, -0.2) is 18.2 Å². The molecule has 324 valence electrons. The number of methoxy groups -OCH3 is 3. The molecule has 0 bridgehead atoms. The number of piperazine rings is 1. The second kappa shape index (κ2) is 19.2. The maximum atomic E-state index is 13.6. The van der Waals surface area contributed by atoms with Crippen molar-refractivity contribution >= 4 is 49.7 Å². The van der Waals surface area contributed by atoms with E-state index in [0.717, 1.165) is 56.5 Å². The molecule has 15 nitrogen and oxygen atoms in total. The van der Waals surface area contributed by atoms with Gasteiger partial charge in [0.05, 0.1) is 44.6 Å². The molecule has 16 heteroatoms. The van der Waals surface area contributed by atoms with E-state index in [9.17, 15) is 18.0 Å². The summed E-state index contributed by atoms with van der Waals surface area (Å²) in [5.74, 6) is 2.30. The van der Waals surface area contributed by atoms with Gasteiger partial charge in [-0.2, -0.15) is 4.98 Å². The van der Waals surface area contributed by atoms with Gasteiger partial charge < -0.3 is 39.4 Å². The number of carbonyl (C=O) groups excluding carboxylic acids is 2. The standard InChI is InChI=1S/C45H55N7O8S/c1-45(2,3)30-27-34(43(59-7)35(28-30)50-61(8,55)56)48-44(54)47-33-15-16-37(32-13-10-9-12-31(32)33)60-41-17-18-46-40(49-41)26-29-24-38(57-5)42(39(25-29)58-6)36(53)14-11-19-52-22-20-51(4)21-23-52/h9-10,12-13,15-18,24-25,27-28,50H,11,14,19-23,26H2,1-8H3,(H2,47,48,54). The Hall–Kier alpha value is -5.97. The van der Waals surface area contributed by atoms with Gasteiger partial charge in [-0.15, -0.1) is 0 Å². The minimum Gasteiger partial charge on any atom is -0.496 e. The van der Waals surface area contributed by atoms with Gasteiger partial charge in [-0.3, -0.25) is 9.52 Å². The molecule has 0 atom stereocenters. The number of urea groups is 1. The number of nitrogens with zero attached hydrogens (tertiary/aromatic N) is 4. The van der Waals surface area contributed by atoms with Crippen molar-refractivity contribution in [3.8, 4) is 28.9 Å². The Morgan fingerprint density at radius 1 is 0.803 bits per heavy atom. The number of amides is 2. The van der Waals surface area contributed by atoms with Gasteiger partial charge in [0, 0.05) is 62.1 Å². The van der Waals surface area contributed by atoms with Crippen LogP contribution >= 0.6 is 0 Å². The first-order valence-electron chi connectivity index (χ1n) is 20.0. The number of Topliss-reactive ketones (excluding diaryl/α,β-unsaturated/α-hetero) is 1. The third-order valence-corrected chi connectivity index (χ3v) is 11.0. The zero-order chi connectivity index (χ0) is 43.9. The molecule has 5 aromatic rings. The van der Waals surface area contributed by atoms with Crippen molar-refractivity contribution < 1.29 is 37.0 Å². The average Bonchev–Trinajstić information content (AvgIpc) is 3.21. The summed E-state index contributed by atoms with van der Waals surface area (Å²) in [5, 5.41) is 7.18. The third-order valence-electron chi connectivity index (χ3n) is 10.4. The minimum atomic E-state index is -3.65. The highest BCUT2D eigenvalue weighted by atomic mass is 32.2. The molecule has 3 N–H and O–H groups in total. The highest BCUT2D eigenvalue weighted by Gasteiger charge is 2.24. The molecular formula is C45H55N7O8S. The van der Waals surface area contributed by atoms with Crippen molar-refractivity contribution in [3.05, 3.63) is 95.4 Å². The van der Waals surface area contributed by atoms with Crippen molar-refractivity contribution in [1.29, 1.82) is 0 Å². The topological polar surface area (TPSA) is 174 Å². The van der Waals surface area contributed by atoms with E-state index < -0.39 is 16.1 Å². The minimum absolute atomic E-state index is 0.0284. The van der Waals surface area contributed by atoms with Crippen LogP contribution in [0.4, 0.5) is 21.9 Å². The van der Waals surface area contributed by atoms with Crippen LogP contribution in [0.3, 0.4) is 0 Å². The zero-order valence-corrected chi connectivity index (χ0v) is 36.9. The summed E-state index contributed by atoms with van der Waals surface area (Å²) in [7, 11) is 2.97. The molecular weight excluding hydrogens is 799 g/mol. The molecule has 0 spiro atoms. The molecule has 1 aromatic heterocycles. The molecule has 1 saturated heterocycles. The molecule has 0 saturated carbocycles. The molecule has 0 radical (unpaired) electrons. The van der Waals surface area contributed by atoms with Crippen LogP contribution in [0.25, 0.3) is 10.8 Å². The summed E-state index contributed by atoms with van der Waals surface area (Å²) in [6.45, 7) is 10.9. The summed E-state index contributed by atoms with van der Waals surface area (Å²) in [4.78, 5) is 40.9. The number of ether oxygens (including phenoxy) is 4. The molecule has 0 unspecified atom stereocenters. The fourth-order valence-corrected chi connectivity index (χ4v) is 7.77. The second-order valence-electron chi connectivity index (χ2n) is 16.1. The van der Waals surface area contributed by atoms with Crippen molar-refractivity contribution in [1.82, 2.24) is 19.8 Å². The van der Waals surface area contributed by atoms with E-state index in [-0.39, 0.29) is 28.3 Å². The maximum Gasteiger partial charge on any atom is 0.323 e. The predicted octanol–water partition coefficient (Wildman–Crippen LogP) is 7.56. The zero-order valence-electron chi connectivity index (χ0n) is 36.0. The van der Waals surface area contributed by atoms with E-state index in [1.807, 2.05) is 57.2 Å². The normalized spacial score (nSPS) is 13.7. The summed E-state index contributed by atoms with van der Waals surface area (Å²) in [6, 6.07) is 19.1. The van der Waals surface area contributed by atoms with Gasteiger partial charge in [0.2, 0.25) is 15.9 Å². The average molecular weight is 854 g/mol. The number of benzene rings is 4. The smallest absolute Gasteiger partial charge is 0.323 e. The van der Waals surface area contributed by atoms with Gasteiger partial charge in [0.15, 0.2) is 11.5 Å². The quantitative estimate of drug-likeness (QED) is 0.0833. The molecule has 1 fully saturated rings. The Bertz CT molecular complexity index is 2470. The van der Waals surface area contributed by atoms with Crippen molar-refractivity contribution in [2.75, 3.05) is 82.7 Å². The van der Waals surface area contributed by atoms with Gasteiger partial charge >= 0.3 is 6.03 Å². The summed E-state index contributed by atoms with van der Waals surface area (Å²) in [6.07, 6.45) is 4.12. The number of likely N-dealkylation sites (N-methyl/N-ethyl adjacent to an activating group) is 1. The van der Waals surface area contributed by atoms with E-state index in [1.165, 1.54) is 7.11 Å². The lowest BCUT2D eigenvalue weighted by Gasteiger charge is -2.32. The van der Waals surface area contributed by atoms with Crippen LogP contribution in [0.15, 0.2) is 72.9 Å². The van der Waals surface area contributed by atoms with Crippen LogP contribution in [0.1, 0.15) is 60.9 Å². The van der Waals surface area contributed by atoms with Crippen LogP contribution in [-0.2, 0) is 21.9 Å². The number of hydrogen-bond donors (Lipinski definition) is 3. The molecule has 2 amide bonds. The summed E-state index contributed by atoms with van der Waals surface area (Å²) in [5.41, 5.74) is 2.63. The second-order valence-corrected chi connectivity index (χ2v) is 17.9. The molecule has 61 heavy (non-hydrogen) atoms. The van der Waals surface area contributed by atoms with Crippen molar-refractivity contribution in [2.24, 2.45) is 0 Å². The van der Waals surface area contributed by atoms with E-state index >= 15 is 0 Å². The Kier molecular flexibility index (Phi) is 14.0. The van der Waals surface area contributed by atoms with Crippen LogP contribution < -0.4 is 34.3 Å². The lowest BCUT2D eigenvalue weighted by atomic mass is 9.86. The number of hydrogen-bond acceptors (Lipinski definition) is 12. The van der Waals surface area contributed by atoms with E-state index in [4.69, 9.17) is 23.9 Å². The van der Waals surface area contributed by atoms with E-state index in [0.29, 0.717) is 63.8 Å². The van der Waals surface area contributed by atoms with E-state index in [1.54, 1.807) is 50.7 Å². The van der Waals surface area contributed by atoms with E-state index in [2.05, 4.69) is 37.2 Å². The predicted molar refractivity (Wildman–Crippen MR) is 239 cm³/mol. The Morgan fingerprint density at radius 3 is 2.10 bits per heavy atom. The number of aromatic nitrogens is 2. The van der Waals surface area contributed by atoms with Crippen molar-refractivity contribution in [2.45, 2.75) is 45.4 Å². The van der Waals surface area contributed by atoms with Crippen molar-refractivity contribution in [3.63, 3.8) is 0 Å². The van der Waals surface area contributed by atoms with Gasteiger partial charge in [0.1, 0.15) is 28.6 Å². The number of anilines is 3. The highest BCUT2D eigenvalue weighted by Crippen LogP contribution is 2.40. The highest BCUT2D eigenvalue weighted by molar-refractivity contribution is 7.92. The Morgan fingerprint density at radius 2 is 1.46 bits per heavy atom. The number of rotatable bonds is 16. The van der Waals surface area contributed by atoms with Crippen LogP contribution in [-0.4, -0.2) is 107 Å². The number of nitrogens with one attached hydrogen (secondary N) is 3. The van der Waals surface area contributed by atoms with Crippen LogP contribution in [0.2, 0.25) is 0 Å². The number of ketones is 1. The molecule has 2 heterocycles. The first-order chi connectivity index (χ1) is 29.0. The third kappa shape index (κ3) is 11.4. The lowest BCUT2D eigenvalue weighted by molar-refractivity contribution is 0.0961. The van der Waals surface area contributed by atoms with Crippen LogP contribution in [0, 0.1) is 0 Å². The fourth-order valence-electron chi connectivity index (χ4n) is 7.22. The molecule has 1 aliphatic heterocycles. The Labute approximate surface area is 357 Å². The molecule has 1 aliphatic rings. The largest absolute Gasteiger partial charge is 0.496 e. The monoisotopic (exact) mass is 853 g/mol. The Balaban J connectivity index is 1.17. The number of carbonyl (C=O) groups is 2. The maximum absolute atomic E-state index is 13.6. The summed E-state index contributed by atoms with van der Waals surface area (Å²) >= 11 is 0. The first kappa shape index (κ1) is 44.6.